The fraction of sp³-hybridized carbons (Fsp3) is 0.273. The maximum Gasteiger partial charge on any atom is 0.416 e. The Bertz CT molecular complexity index is 502. The van der Waals surface area contributed by atoms with Gasteiger partial charge in [-0.05, 0) is 18.2 Å². The number of carbonyl (C=O) groups excluding carboxylic acids is 1. The Balaban J connectivity index is 2.83. The molecule has 1 aromatic rings. The number of rotatable bonds is 4. The zero-order valence-electron chi connectivity index (χ0n) is 9.42. The number of hydrogen-bond acceptors (Lipinski definition) is 2. The fourth-order valence-electron chi connectivity index (χ4n) is 1.23. The van der Waals surface area contributed by atoms with Crippen molar-refractivity contribution in [3.05, 3.63) is 28.8 Å². The lowest BCUT2D eigenvalue weighted by Crippen LogP contribution is -2.14. The first-order chi connectivity index (χ1) is 8.70. The van der Waals surface area contributed by atoms with Crippen molar-refractivity contribution in [2.75, 3.05) is 5.32 Å². The SMILES string of the molecule is O=C(O)CCC(=O)Nc1cc(C(F)(F)F)ccc1Cl. The van der Waals surface area contributed by atoms with Gasteiger partial charge in [0.25, 0.3) is 0 Å². The van der Waals surface area contributed by atoms with Crippen LogP contribution in [0, 0.1) is 0 Å². The Labute approximate surface area is 111 Å². The molecule has 0 saturated carbocycles. The van der Waals surface area contributed by atoms with Crippen LogP contribution in [0.4, 0.5) is 18.9 Å². The first-order valence-electron chi connectivity index (χ1n) is 5.08. The Hall–Kier alpha value is -1.76. The molecule has 4 nitrogen and oxygen atoms in total. The van der Waals surface area contributed by atoms with Crippen molar-refractivity contribution in [2.45, 2.75) is 19.0 Å². The van der Waals surface area contributed by atoms with Gasteiger partial charge in [0, 0.05) is 6.42 Å². The fourth-order valence-corrected chi connectivity index (χ4v) is 1.40. The van der Waals surface area contributed by atoms with E-state index >= 15 is 0 Å². The zero-order valence-corrected chi connectivity index (χ0v) is 10.2. The number of carbonyl (C=O) groups is 2. The molecule has 2 N–H and O–H groups in total. The van der Waals surface area contributed by atoms with Gasteiger partial charge in [0.15, 0.2) is 0 Å². The van der Waals surface area contributed by atoms with Gasteiger partial charge in [0.2, 0.25) is 5.91 Å². The van der Waals surface area contributed by atoms with E-state index in [1.54, 1.807) is 0 Å². The molecule has 1 rings (SSSR count). The smallest absolute Gasteiger partial charge is 0.416 e. The van der Waals surface area contributed by atoms with Crippen molar-refractivity contribution in [2.24, 2.45) is 0 Å². The number of anilines is 1. The molecule has 0 radical (unpaired) electrons. The summed E-state index contributed by atoms with van der Waals surface area (Å²) < 4.78 is 37.4. The third-order valence-corrected chi connectivity index (χ3v) is 2.46. The van der Waals surface area contributed by atoms with E-state index in [1.807, 2.05) is 0 Å². The van der Waals surface area contributed by atoms with E-state index < -0.39 is 30.0 Å². The monoisotopic (exact) mass is 295 g/mol. The quantitative estimate of drug-likeness (QED) is 0.896. The number of alkyl halides is 3. The summed E-state index contributed by atoms with van der Waals surface area (Å²) in [6.07, 6.45) is -5.31. The van der Waals surface area contributed by atoms with E-state index in [-0.39, 0.29) is 17.1 Å². The maximum atomic E-state index is 12.5. The van der Waals surface area contributed by atoms with E-state index in [0.717, 1.165) is 12.1 Å². The molecule has 0 atom stereocenters. The molecule has 19 heavy (non-hydrogen) atoms. The van der Waals surface area contributed by atoms with Crippen LogP contribution in [0.2, 0.25) is 5.02 Å². The summed E-state index contributed by atoms with van der Waals surface area (Å²) in [7, 11) is 0. The molecule has 104 valence electrons. The van der Waals surface area contributed by atoms with Gasteiger partial charge in [-0.15, -0.1) is 0 Å². The molecule has 1 aromatic carbocycles. The minimum Gasteiger partial charge on any atom is -0.481 e. The number of benzene rings is 1. The molecular weight excluding hydrogens is 287 g/mol. The normalized spacial score (nSPS) is 11.2. The molecule has 8 heteroatoms. The van der Waals surface area contributed by atoms with Crippen LogP contribution in [0.15, 0.2) is 18.2 Å². The van der Waals surface area contributed by atoms with Gasteiger partial charge < -0.3 is 10.4 Å². The topological polar surface area (TPSA) is 66.4 Å². The minimum atomic E-state index is -4.55. The first kappa shape index (κ1) is 15.3. The molecular formula is C11H9ClF3NO3. The molecule has 0 aromatic heterocycles. The summed E-state index contributed by atoms with van der Waals surface area (Å²) >= 11 is 5.65. The number of nitrogens with one attached hydrogen (secondary N) is 1. The molecule has 0 heterocycles. The zero-order chi connectivity index (χ0) is 14.6. The molecule has 1 amide bonds. The van der Waals surface area contributed by atoms with Crippen LogP contribution < -0.4 is 5.32 Å². The van der Waals surface area contributed by atoms with Crippen LogP contribution in [0.25, 0.3) is 0 Å². The van der Waals surface area contributed by atoms with E-state index in [1.165, 1.54) is 0 Å². The summed E-state index contributed by atoms with van der Waals surface area (Å²) in [4.78, 5) is 21.6. The summed E-state index contributed by atoms with van der Waals surface area (Å²) in [5, 5.41) is 10.5. The minimum absolute atomic E-state index is 0.0586. The number of carboxylic acid groups (broad SMARTS) is 1. The number of carboxylic acids is 1. The van der Waals surface area contributed by atoms with E-state index in [2.05, 4.69) is 5.32 Å². The molecule has 0 aliphatic heterocycles. The average Bonchev–Trinajstić information content (AvgIpc) is 2.28. The van der Waals surface area contributed by atoms with E-state index in [4.69, 9.17) is 16.7 Å². The number of aliphatic carboxylic acids is 1. The van der Waals surface area contributed by atoms with Gasteiger partial charge in [-0.25, -0.2) is 0 Å². The van der Waals surface area contributed by atoms with Crippen molar-refractivity contribution in [1.29, 1.82) is 0 Å². The lowest BCUT2D eigenvalue weighted by atomic mass is 10.2. The number of hydrogen-bond donors (Lipinski definition) is 2. The Kier molecular flexibility index (Phi) is 4.77. The summed E-state index contributed by atoms with van der Waals surface area (Å²) in [5.41, 5.74) is -1.16. The summed E-state index contributed by atoms with van der Waals surface area (Å²) in [6, 6.07) is 2.49. The molecule has 0 unspecified atom stereocenters. The predicted octanol–water partition coefficient (Wildman–Crippen LogP) is 3.16. The second-order valence-corrected chi connectivity index (χ2v) is 4.04. The second kappa shape index (κ2) is 5.92. The van der Waals surface area contributed by atoms with Crippen molar-refractivity contribution in [3.8, 4) is 0 Å². The Morgan fingerprint density at radius 1 is 1.26 bits per heavy atom. The third-order valence-electron chi connectivity index (χ3n) is 2.13. The van der Waals surface area contributed by atoms with Gasteiger partial charge in [-0.3, -0.25) is 9.59 Å². The molecule has 0 aliphatic carbocycles. The van der Waals surface area contributed by atoms with Crippen molar-refractivity contribution < 1.29 is 27.9 Å². The number of amides is 1. The van der Waals surface area contributed by atoms with E-state index in [9.17, 15) is 22.8 Å². The van der Waals surface area contributed by atoms with Crippen LogP contribution in [0.5, 0.6) is 0 Å². The summed E-state index contributed by atoms with van der Waals surface area (Å²) in [6.45, 7) is 0. The van der Waals surface area contributed by atoms with Gasteiger partial charge >= 0.3 is 12.1 Å². The van der Waals surface area contributed by atoms with Crippen LogP contribution in [0.1, 0.15) is 18.4 Å². The van der Waals surface area contributed by atoms with Gasteiger partial charge in [-0.1, -0.05) is 11.6 Å². The highest BCUT2D eigenvalue weighted by Crippen LogP contribution is 2.33. The molecule has 0 saturated heterocycles. The highest BCUT2D eigenvalue weighted by atomic mass is 35.5. The van der Waals surface area contributed by atoms with Crippen LogP contribution >= 0.6 is 11.6 Å². The van der Waals surface area contributed by atoms with Crippen LogP contribution in [-0.2, 0) is 15.8 Å². The Morgan fingerprint density at radius 3 is 2.42 bits per heavy atom. The molecule has 0 fully saturated rings. The van der Waals surface area contributed by atoms with Crippen molar-refractivity contribution in [1.82, 2.24) is 0 Å². The highest BCUT2D eigenvalue weighted by molar-refractivity contribution is 6.33. The Morgan fingerprint density at radius 2 is 1.89 bits per heavy atom. The largest absolute Gasteiger partial charge is 0.481 e. The second-order valence-electron chi connectivity index (χ2n) is 3.63. The summed E-state index contributed by atoms with van der Waals surface area (Å²) in [5.74, 6) is -1.89. The van der Waals surface area contributed by atoms with Crippen LogP contribution in [0.3, 0.4) is 0 Å². The van der Waals surface area contributed by atoms with Crippen molar-refractivity contribution in [3.63, 3.8) is 0 Å². The first-order valence-corrected chi connectivity index (χ1v) is 5.46. The van der Waals surface area contributed by atoms with Gasteiger partial charge in [0.05, 0.1) is 22.7 Å². The van der Waals surface area contributed by atoms with Crippen LogP contribution in [-0.4, -0.2) is 17.0 Å². The van der Waals surface area contributed by atoms with Gasteiger partial charge in [-0.2, -0.15) is 13.2 Å². The molecule has 0 aliphatic rings. The lowest BCUT2D eigenvalue weighted by Gasteiger charge is -2.11. The third kappa shape index (κ3) is 4.78. The average molecular weight is 296 g/mol. The lowest BCUT2D eigenvalue weighted by molar-refractivity contribution is -0.138. The standard InChI is InChI=1S/C11H9ClF3NO3/c12-7-2-1-6(11(13,14)15)5-8(7)16-9(17)3-4-10(18)19/h1-2,5H,3-4H2,(H,16,17)(H,18,19). The molecule has 0 bridgehead atoms. The van der Waals surface area contributed by atoms with E-state index in [0.29, 0.717) is 6.07 Å². The van der Waals surface area contributed by atoms with Gasteiger partial charge in [0.1, 0.15) is 0 Å². The molecule has 0 spiro atoms. The highest BCUT2D eigenvalue weighted by Gasteiger charge is 2.31. The predicted molar refractivity (Wildman–Crippen MR) is 62.0 cm³/mol. The number of halogens is 4. The van der Waals surface area contributed by atoms with Crippen molar-refractivity contribution >= 4 is 29.2 Å². The maximum absolute atomic E-state index is 12.5.